The van der Waals surface area contributed by atoms with E-state index in [9.17, 15) is 28.1 Å². The summed E-state index contributed by atoms with van der Waals surface area (Å²) in [6, 6.07) is 8.15. The third kappa shape index (κ3) is 4.83. The molecule has 0 aliphatic carbocycles. The van der Waals surface area contributed by atoms with Gasteiger partial charge in [0.05, 0.1) is 17.6 Å². The number of anilines is 2. The van der Waals surface area contributed by atoms with E-state index < -0.39 is 23.0 Å². The Morgan fingerprint density at radius 1 is 1.16 bits per heavy atom. The minimum Gasteiger partial charge on any atom is -0.465 e. The Morgan fingerprint density at radius 3 is 2.32 bits per heavy atom. The number of benzene rings is 2. The minimum atomic E-state index is -4.82. The van der Waals surface area contributed by atoms with Gasteiger partial charge in [-0.25, -0.2) is 4.79 Å². The van der Waals surface area contributed by atoms with Crippen LogP contribution in [0.15, 0.2) is 42.5 Å². The zero-order valence-electron chi connectivity index (χ0n) is 12.7. The lowest BCUT2D eigenvalue weighted by Crippen LogP contribution is -2.16. The molecule has 0 saturated carbocycles. The van der Waals surface area contributed by atoms with Crippen LogP contribution in [0.25, 0.3) is 0 Å². The summed E-state index contributed by atoms with van der Waals surface area (Å²) in [5.41, 5.74) is 0.00734. The monoisotopic (exact) mass is 356 g/mol. The van der Waals surface area contributed by atoms with E-state index in [0.29, 0.717) is 0 Å². The first-order chi connectivity index (χ1) is 11.7. The second-order valence-corrected chi connectivity index (χ2v) is 4.68. The van der Waals surface area contributed by atoms with E-state index in [-0.39, 0.29) is 22.6 Å². The second kappa shape index (κ2) is 7.07. The topological polar surface area (TPSA) is 90.7 Å². The first kappa shape index (κ1) is 18.0. The highest BCUT2D eigenvalue weighted by Crippen LogP contribution is 2.30. The molecule has 132 valence electrons. The van der Waals surface area contributed by atoms with Crippen molar-refractivity contribution in [1.82, 2.24) is 0 Å². The number of nitrogens with zero attached hydrogens (tertiary/aromatic N) is 1. The normalized spacial score (nSPS) is 10.9. The van der Waals surface area contributed by atoms with Crippen LogP contribution in [0.4, 0.5) is 30.2 Å². The largest absolute Gasteiger partial charge is 0.573 e. The Bertz CT molecular complexity index is 791. The molecule has 0 spiro atoms. The highest BCUT2D eigenvalue weighted by Gasteiger charge is 2.31. The number of ether oxygens (including phenoxy) is 2. The van der Waals surface area contributed by atoms with E-state index >= 15 is 0 Å². The molecule has 0 aliphatic rings. The molecule has 0 unspecified atom stereocenters. The van der Waals surface area contributed by atoms with Crippen LogP contribution in [0, 0.1) is 10.1 Å². The van der Waals surface area contributed by atoms with Crippen LogP contribution in [-0.4, -0.2) is 24.4 Å². The molecule has 1 N–H and O–H groups in total. The third-order valence-corrected chi connectivity index (χ3v) is 2.98. The zero-order chi connectivity index (χ0) is 18.6. The van der Waals surface area contributed by atoms with Gasteiger partial charge in [0.25, 0.3) is 5.69 Å². The van der Waals surface area contributed by atoms with Gasteiger partial charge in [0.2, 0.25) is 0 Å². The maximum atomic E-state index is 12.1. The van der Waals surface area contributed by atoms with Gasteiger partial charge >= 0.3 is 12.3 Å². The SMILES string of the molecule is COC(=O)c1ccc([N+](=O)[O-])c(Nc2ccc(OC(F)(F)F)cc2)c1. The number of hydrogen-bond acceptors (Lipinski definition) is 6. The van der Waals surface area contributed by atoms with Crippen molar-refractivity contribution in [3.8, 4) is 5.75 Å². The fourth-order valence-corrected chi connectivity index (χ4v) is 1.94. The van der Waals surface area contributed by atoms with Crippen molar-refractivity contribution in [2.75, 3.05) is 12.4 Å². The van der Waals surface area contributed by atoms with Crippen molar-refractivity contribution < 1.29 is 32.4 Å². The molecule has 0 saturated heterocycles. The first-order valence-corrected chi connectivity index (χ1v) is 6.69. The average molecular weight is 356 g/mol. The minimum absolute atomic E-state index is 0.0163. The Hall–Kier alpha value is -3.30. The van der Waals surface area contributed by atoms with Gasteiger partial charge in [-0.1, -0.05) is 0 Å². The predicted octanol–water partition coefficient (Wildman–Crippen LogP) is 4.02. The van der Waals surface area contributed by atoms with Gasteiger partial charge in [-0.3, -0.25) is 10.1 Å². The van der Waals surface area contributed by atoms with Gasteiger partial charge in [0.15, 0.2) is 0 Å². The van der Waals surface area contributed by atoms with Gasteiger partial charge in [-0.2, -0.15) is 0 Å². The van der Waals surface area contributed by atoms with Crippen molar-refractivity contribution in [3.05, 3.63) is 58.1 Å². The number of carbonyl (C=O) groups is 1. The smallest absolute Gasteiger partial charge is 0.465 e. The number of alkyl halides is 3. The highest BCUT2D eigenvalue weighted by molar-refractivity contribution is 5.92. The number of esters is 1. The molecule has 10 heteroatoms. The Morgan fingerprint density at radius 2 is 1.80 bits per heavy atom. The molecule has 0 bridgehead atoms. The molecule has 2 rings (SSSR count). The van der Waals surface area contributed by atoms with E-state index in [2.05, 4.69) is 14.8 Å². The van der Waals surface area contributed by atoms with E-state index in [1.54, 1.807) is 0 Å². The summed E-state index contributed by atoms with van der Waals surface area (Å²) in [6.07, 6.45) is -4.82. The maximum absolute atomic E-state index is 12.1. The molecule has 0 amide bonds. The van der Waals surface area contributed by atoms with E-state index in [1.807, 2.05) is 0 Å². The van der Waals surface area contributed by atoms with Crippen LogP contribution in [0.2, 0.25) is 0 Å². The number of carbonyl (C=O) groups excluding carboxylic acids is 1. The summed E-state index contributed by atoms with van der Waals surface area (Å²) in [5.74, 6) is -1.12. The number of rotatable bonds is 5. The lowest BCUT2D eigenvalue weighted by atomic mass is 10.1. The molecule has 0 aliphatic heterocycles. The van der Waals surface area contributed by atoms with Crippen molar-refractivity contribution in [3.63, 3.8) is 0 Å². The first-order valence-electron chi connectivity index (χ1n) is 6.69. The Kier molecular flexibility index (Phi) is 5.11. The summed E-state index contributed by atoms with van der Waals surface area (Å²) in [4.78, 5) is 21.9. The van der Waals surface area contributed by atoms with Gasteiger partial charge in [0, 0.05) is 11.8 Å². The van der Waals surface area contributed by atoms with E-state index in [1.165, 1.54) is 24.3 Å². The van der Waals surface area contributed by atoms with Gasteiger partial charge in [-0.15, -0.1) is 13.2 Å². The van der Waals surface area contributed by atoms with Crippen molar-refractivity contribution >= 4 is 23.0 Å². The summed E-state index contributed by atoms with van der Waals surface area (Å²) in [6.45, 7) is 0. The van der Waals surface area contributed by atoms with Crippen molar-refractivity contribution in [1.29, 1.82) is 0 Å². The van der Waals surface area contributed by atoms with Crippen LogP contribution in [0.3, 0.4) is 0 Å². The van der Waals surface area contributed by atoms with E-state index in [4.69, 9.17) is 0 Å². The van der Waals surface area contributed by atoms with Gasteiger partial charge in [0.1, 0.15) is 11.4 Å². The summed E-state index contributed by atoms with van der Waals surface area (Å²) >= 11 is 0. The number of methoxy groups -OCH3 is 1. The fourth-order valence-electron chi connectivity index (χ4n) is 1.94. The molecule has 0 aromatic heterocycles. The number of nitrogens with one attached hydrogen (secondary N) is 1. The van der Waals surface area contributed by atoms with Crippen LogP contribution in [0.5, 0.6) is 5.75 Å². The van der Waals surface area contributed by atoms with Crippen molar-refractivity contribution in [2.24, 2.45) is 0 Å². The quantitative estimate of drug-likeness (QED) is 0.494. The summed E-state index contributed by atoms with van der Waals surface area (Å²) < 4.78 is 44.7. The summed E-state index contributed by atoms with van der Waals surface area (Å²) in [5, 5.41) is 13.8. The lowest BCUT2D eigenvalue weighted by molar-refractivity contribution is -0.383. The third-order valence-electron chi connectivity index (χ3n) is 2.98. The van der Waals surface area contributed by atoms with E-state index in [0.717, 1.165) is 25.3 Å². The predicted molar refractivity (Wildman–Crippen MR) is 80.8 cm³/mol. The number of nitro benzene ring substituents is 1. The molecule has 0 heterocycles. The summed E-state index contributed by atoms with van der Waals surface area (Å²) in [7, 11) is 1.16. The number of halogens is 3. The molecule has 2 aromatic carbocycles. The van der Waals surface area contributed by atoms with Crippen LogP contribution in [-0.2, 0) is 4.74 Å². The fraction of sp³-hybridized carbons (Fsp3) is 0.133. The average Bonchev–Trinajstić information content (AvgIpc) is 2.54. The Labute approximate surface area is 139 Å². The molecular formula is C15H11F3N2O5. The molecule has 7 nitrogen and oxygen atoms in total. The molecule has 0 atom stereocenters. The molecular weight excluding hydrogens is 345 g/mol. The van der Waals surface area contributed by atoms with Crippen LogP contribution < -0.4 is 10.1 Å². The van der Waals surface area contributed by atoms with Crippen LogP contribution >= 0.6 is 0 Å². The molecule has 0 fully saturated rings. The second-order valence-electron chi connectivity index (χ2n) is 4.68. The molecule has 0 radical (unpaired) electrons. The van der Waals surface area contributed by atoms with Gasteiger partial charge < -0.3 is 14.8 Å². The standard InChI is InChI=1S/C15H11F3N2O5/c1-24-14(21)9-2-7-13(20(22)23)12(8-9)19-10-3-5-11(6-4-10)25-15(16,17)18/h2-8,19H,1H3. The number of hydrogen-bond donors (Lipinski definition) is 1. The van der Waals surface area contributed by atoms with Crippen molar-refractivity contribution in [2.45, 2.75) is 6.36 Å². The maximum Gasteiger partial charge on any atom is 0.573 e. The lowest BCUT2D eigenvalue weighted by Gasteiger charge is -2.11. The highest BCUT2D eigenvalue weighted by atomic mass is 19.4. The molecule has 2 aromatic rings. The van der Waals surface area contributed by atoms with Gasteiger partial charge in [-0.05, 0) is 36.4 Å². The van der Waals surface area contributed by atoms with Crippen LogP contribution in [0.1, 0.15) is 10.4 Å². The Balaban J connectivity index is 2.28. The number of nitro groups is 1. The zero-order valence-corrected chi connectivity index (χ0v) is 12.7. The molecule has 25 heavy (non-hydrogen) atoms.